The highest BCUT2D eigenvalue weighted by Gasteiger charge is 2.16. The van der Waals surface area contributed by atoms with Crippen molar-refractivity contribution in [2.45, 2.75) is 57.4 Å². The second-order valence-corrected chi connectivity index (χ2v) is 6.82. The molecule has 6 heteroatoms. The second kappa shape index (κ2) is 8.14. The van der Waals surface area contributed by atoms with Gasteiger partial charge in [0.2, 0.25) is 15.9 Å². The number of nitrogens with one attached hydrogen (secondary N) is 2. The van der Waals surface area contributed by atoms with Crippen LogP contribution in [0.25, 0.3) is 0 Å². The normalized spacial score (nSPS) is 12.9. The lowest BCUT2D eigenvalue weighted by molar-refractivity contribution is -0.116. The highest BCUT2D eigenvalue weighted by molar-refractivity contribution is 7.89. The molecule has 1 atom stereocenters. The first-order valence-electron chi connectivity index (χ1n) is 7.31. The maximum absolute atomic E-state index is 12.1. The standard InChI is InChI=1S/C15H24N2O3S/c1-4-6-7-15(18)16-13-8-10-14(11-9-13)21(19,20)17-12(3)5-2/h8-12,17H,4-7H2,1-3H3,(H,16,18)/t12-/m0/s1. The van der Waals surface area contributed by atoms with E-state index < -0.39 is 10.0 Å². The molecule has 118 valence electrons. The average Bonchev–Trinajstić information content (AvgIpc) is 2.45. The molecule has 0 aliphatic carbocycles. The Morgan fingerprint density at radius 1 is 1.19 bits per heavy atom. The molecule has 0 heterocycles. The number of amides is 1. The summed E-state index contributed by atoms with van der Waals surface area (Å²) < 4.78 is 26.8. The zero-order valence-corrected chi connectivity index (χ0v) is 13.7. The Labute approximate surface area is 127 Å². The summed E-state index contributed by atoms with van der Waals surface area (Å²) >= 11 is 0. The summed E-state index contributed by atoms with van der Waals surface area (Å²) in [5, 5.41) is 2.75. The van der Waals surface area contributed by atoms with Crippen LogP contribution in [0.1, 0.15) is 46.5 Å². The Bertz CT molecular complexity index is 553. The molecular weight excluding hydrogens is 288 g/mol. The Hall–Kier alpha value is -1.40. The minimum Gasteiger partial charge on any atom is -0.326 e. The van der Waals surface area contributed by atoms with Crippen LogP contribution >= 0.6 is 0 Å². The second-order valence-electron chi connectivity index (χ2n) is 5.11. The Balaban J connectivity index is 2.71. The molecule has 0 fully saturated rings. The molecule has 1 aromatic rings. The molecule has 1 rings (SSSR count). The number of rotatable bonds is 8. The van der Waals surface area contributed by atoms with Gasteiger partial charge in [0.1, 0.15) is 0 Å². The predicted octanol–water partition coefficient (Wildman–Crippen LogP) is 2.89. The van der Waals surface area contributed by atoms with Gasteiger partial charge in [0, 0.05) is 18.2 Å². The van der Waals surface area contributed by atoms with Gasteiger partial charge < -0.3 is 5.32 Å². The maximum atomic E-state index is 12.1. The summed E-state index contributed by atoms with van der Waals surface area (Å²) in [7, 11) is -3.49. The lowest BCUT2D eigenvalue weighted by Crippen LogP contribution is -2.31. The van der Waals surface area contributed by atoms with E-state index in [1.165, 1.54) is 12.1 Å². The summed E-state index contributed by atoms with van der Waals surface area (Å²) in [5.74, 6) is -0.0508. The van der Waals surface area contributed by atoms with Crippen molar-refractivity contribution in [3.63, 3.8) is 0 Å². The van der Waals surface area contributed by atoms with Gasteiger partial charge in [0.25, 0.3) is 0 Å². The number of hydrogen-bond acceptors (Lipinski definition) is 3. The molecule has 1 aromatic carbocycles. The first-order valence-corrected chi connectivity index (χ1v) is 8.79. The highest BCUT2D eigenvalue weighted by Crippen LogP contribution is 2.15. The quantitative estimate of drug-likeness (QED) is 0.775. The van der Waals surface area contributed by atoms with Crippen LogP contribution in [0, 0.1) is 0 Å². The van der Waals surface area contributed by atoms with E-state index in [4.69, 9.17) is 0 Å². The van der Waals surface area contributed by atoms with Crippen molar-refractivity contribution in [1.29, 1.82) is 0 Å². The number of hydrogen-bond donors (Lipinski definition) is 2. The average molecular weight is 312 g/mol. The van der Waals surface area contributed by atoms with E-state index in [2.05, 4.69) is 10.0 Å². The molecule has 0 aliphatic rings. The SMILES string of the molecule is CCCCC(=O)Nc1ccc(S(=O)(=O)N[C@@H](C)CC)cc1. The molecule has 0 aliphatic heterocycles. The van der Waals surface area contributed by atoms with Gasteiger partial charge in [0.05, 0.1) is 4.90 Å². The first-order chi connectivity index (χ1) is 9.89. The van der Waals surface area contributed by atoms with Gasteiger partial charge in [-0.05, 0) is 44.0 Å². The van der Waals surface area contributed by atoms with Gasteiger partial charge in [-0.1, -0.05) is 20.3 Å². The topological polar surface area (TPSA) is 75.3 Å². The Morgan fingerprint density at radius 3 is 2.33 bits per heavy atom. The molecule has 0 unspecified atom stereocenters. The smallest absolute Gasteiger partial charge is 0.240 e. The fourth-order valence-electron chi connectivity index (χ4n) is 1.69. The molecule has 0 saturated carbocycles. The molecule has 0 aromatic heterocycles. The molecule has 1 amide bonds. The number of carbonyl (C=O) groups is 1. The molecule has 2 N–H and O–H groups in total. The third-order valence-corrected chi connectivity index (χ3v) is 4.78. The van der Waals surface area contributed by atoms with Crippen molar-refractivity contribution in [3.8, 4) is 0 Å². The molecule has 5 nitrogen and oxygen atoms in total. The van der Waals surface area contributed by atoms with Gasteiger partial charge in [-0.2, -0.15) is 0 Å². The highest BCUT2D eigenvalue weighted by atomic mass is 32.2. The molecular formula is C15H24N2O3S. The molecule has 0 spiro atoms. The van der Waals surface area contributed by atoms with Crippen LogP contribution in [-0.4, -0.2) is 20.4 Å². The number of carbonyl (C=O) groups excluding carboxylic acids is 1. The third kappa shape index (κ3) is 5.85. The number of anilines is 1. The summed E-state index contributed by atoms with van der Waals surface area (Å²) in [6, 6.07) is 6.10. The fourth-order valence-corrected chi connectivity index (χ4v) is 3.02. The van der Waals surface area contributed by atoms with Gasteiger partial charge >= 0.3 is 0 Å². The van der Waals surface area contributed by atoms with Crippen molar-refractivity contribution in [2.75, 3.05) is 5.32 Å². The zero-order valence-electron chi connectivity index (χ0n) is 12.8. The largest absolute Gasteiger partial charge is 0.326 e. The molecule has 0 bridgehead atoms. The van der Waals surface area contributed by atoms with E-state index in [0.717, 1.165) is 19.3 Å². The monoisotopic (exact) mass is 312 g/mol. The van der Waals surface area contributed by atoms with Gasteiger partial charge in [-0.3, -0.25) is 4.79 Å². The van der Waals surface area contributed by atoms with Crippen LogP contribution in [0.15, 0.2) is 29.2 Å². The van der Waals surface area contributed by atoms with Crippen molar-refractivity contribution < 1.29 is 13.2 Å². The lowest BCUT2D eigenvalue weighted by Gasteiger charge is -2.12. The van der Waals surface area contributed by atoms with Crippen LogP contribution in [0.5, 0.6) is 0 Å². The summed E-state index contributed by atoms with van der Waals surface area (Å²) in [5.41, 5.74) is 0.610. The zero-order chi connectivity index (χ0) is 15.9. The van der Waals surface area contributed by atoms with Crippen LogP contribution in [0.3, 0.4) is 0 Å². The van der Waals surface area contributed by atoms with E-state index in [9.17, 15) is 13.2 Å². The Morgan fingerprint density at radius 2 is 1.81 bits per heavy atom. The van der Waals surface area contributed by atoms with Crippen molar-refractivity contribution >= 4 is 21.6 Å². The lowest BCUT2D eigenvalue weighted by atomic mass is 10.2. The van der Waals surface area contributed by atoms with Crippen molar-refractivity contribution in [1.82, 2.24) is 4.72 Å². The van der Waals surface area contributed by atoms with Crippen molar-refractivity contribution in [2.24, 2.45) is 0 Å². The van der Waals surface area contributed by atoms with E-state index >= 15 is 0 Å². The van der Waals surface area contributed by atoms with E-state index in [1.54, 1.807) is 12.1 Å². The van der Waals surface area contributed by atoms with Crippen LogP contribution in [0.4, 0.5) is 5.69 Å². The van der Waals surface area contributed by atoms with Gasteiger partial charge in [-0.15, -0.1) is 0 Å². The van der Waals surface area contributed by atoms with Crippen LogP contribution in [-0.2, 0) is 14.8 Å². The first kappa shape index (κ1) is 17.7. The summed E-state index contributed by atoms with van der Waals surface area (Å²) in [6.07, 6.45) is 3.01. The molecule has 21 heavy (non-hydrogen) atoms. The molecule has 0 radical (unpaired) electrons. The van der Waals surface area contributed by atoms with E-state index in [0.29, 0.717) is 12.1 Å². The number of benzene rings is 1. The van der Waals surface area contributed by atoms with E-state index in [-0.39, 0.29) is 16.8 Å². The summed E-state index contributed by atoms with van der Waals surface area (Å²) in [6.45, 7) is 5.76. The van der Waals surface area contributed by atoms with Crippen LogP contribution < -0.4 is 10.0 Å². The minimum atomic E-state index is -3.49. The third-order valence-electron chi connectivity index (χ3n) is 3.17. The van der Waals surface area contributed by atoms with Crippen LogP contribution in [0.2, 0.25) is 0 Å². The number of unbranched alkanes of at least 4 members (excludes halogenated alkanes) is 1. The minimum absolute atomic E-state index is 0.0508. The predicted molar refractivity (Wildman–Crippen MR) is 84.7 cm³/mol. The Kier molecular flexibility index (Phi) is 6.84. The fraction of sp³-hybridized carbons (Fsp3) is 0.533. The van der Waals surface area contributed by atoms with Crippen molar-refractivity contribution in [3.05, 3.63) is 24.3 Å². The van der Waals surface area contributed by atoms with E-state index in [1.807, 2.05) is 20.8 Å². The van der Waals surface area contributed by atoms with Gasteiger partial charge in [0.15, 0.2) is 0 Å². The van der Waals surface area contributed by atoms with Gasteiger partial charge in [-0.25, -0.2) is 13.1 Å². The summed E-state index contributed by atoms with van der Waals surface area (Å²) in [4.78, 5) is 11.8. The maximum Gasteiger partial charge on any atom is 0.240 e. The number of sulfonamides is 1. The molecule has 0 saturated heterocycles.